The van der Waals surface area contributed by atoms with E-state index in [1.807, 2.05) is 0 Å². The van der Waals surface area contributed by atoms with Gasteiger partial charge in [-0.3, -0.25) is 0 Å². The molecule has 0 saturated carbocycles. The fourth-order valence-corrected chi connectivity index (χ4v) is 0. The Morgan fingerprint density at radius 1 is 1.38 bits per heavy atom. The molecule has 0 aromatic carbocycles. The molecule has 0 aliphatic heterocycles. The SMILES string of the molecule is O=N[O-].OP(O)O.[Na+]. The van der Waals surface area contributed by atoms with Crippen LogP contribution in [0, 0.1) is 10.1 Å². The third-order valence-corrected chi connectivity index (χ3v) is 0. The fraction of sp³-hybridized carbons (Fsp3) is 0. The van der Waals surface area contributed by atoms with Gasteiger partial charge in [-0.2, -0.15) is 0 Å². The summed E-state index contributed by atoms with van der Waals surface area (Å²) in [5.74, 6) is 0. The molecule has 0 radical (unpaired) electrons. The van der Waals surface area contributed by atoms with Crippen molar-refractivity contribution in [3.8, 4) is 0 Å². The van der Waals surface area contributed by atoms with Crippen LogP contribution in [0.15, 0.2) is 5.34 Å². The molecule has 6 nitrogen and oxygen atoms in total. The van der Waals surface area contributed by atoms with E-state index in [0.717, 1.165) is 5.34 Å². The Labute approximate surface area is 68.4 Å². The summed E-state index contributed by atoms with van der Waals surface area (Å²) >= 11 is 0. The van der Waals surface area contributed by atoms with Gasteiger partial charge in [-0.05, 0) is 0 Å². The summed E-state index contributed by atoms with van der Waals surface area (Å²) in [7, 11) is -2.62. The van der Waals surface area contributed by atoms with Crippen molar-refractivity contribution in [2.45, 2.75) is 0 Å². The molecule has 0 amide bonds. The van der Waals surface area contributed by atoms with Crippen LogP contribution >= 0.6 is 8.60 Å². The Kier molecular flexibility index (Phi) is 31.1. The van der Waals surface area contributed by atoms with E-state index in [-0.39, 0.29) is 29.6 Å². The van der Waals surface area contributed by atoms with Gasteiger partial charge in [-0.25, -0.2) is 0 Å². The summed E-state index contributed by atoms with van der Waals surface area (Å²) < 4.78 is 0. The van der Waals surface area contributed by atoms with Crippen molar-refractivity contribution in [2.24, 2.45) is 5.34 Å². The van der Waals surface area contributed by atoms with E-state index in [1.165, 1.54) is 0 Å². The van der Waals surface area contributed by atoms with Crippen molar-refractivity contribution < 1.29 is 44.2 Å². The van der Waals surface area contributed by atoms with E-state index in [1.54, 1.807) is 0 Å². The molecule has 0 bridgehead atoms. The minimum atomic E-state index is -2.62. The predicted octanol–water partition coefficient (Wildman–Crippen LogP) is -3.56. The molecule has 8 heteroatoms. The number of rotatable bonds is 0. The van der Waals surface area contributed by atoms with Crippen molar-refractivity contribution in [1.82, 2.24) is 0 Å². The zero-order valence-electron chi connectivity index (χ0n) is 4.05. The van der Waals surface area contributed by atoms with Gasteiger partial charge >= 0.3 is 38.2 Å². The zero-order valence-corrected chi connectivity index (χ0v) is 6.95. The number of nitrogens with zero attached hydrogens (tertiary/aromatic N) is 1. The summed E-state index contributed by atoms with van der Waals surface area (Å²) in [6.45, 7) is 0. The zero-order chi connectivity index (χ0) is 6.28. The van der Waals surface area contributed by atoms with Crippen LogP contribution in [0.4, 0.5) is 0 Å². The molecule has 0 aliphatic rings. The van der Waals surface area contributed by atoms with Crippen LogP contribution < -0.4 is 29.6 Å². The van der Waals surface area contributed by atoms with Gasteiger partial charge in [-0.15, -0.1) is 5.34 Å². The van der Waals surface area contributed by atoms with Gasteiger partial charge < -0.3 is 24.8 Å². The Balaban J connectivity index is -0.0000000575. The molecular weight excluding hydrogens is 148 g/mol. The van der Waals surface area contributed by atoms with Gasteiger partial charge in [-0.1, -0.05) is 0 Å². The molecule has 0 atom stereocenters. The maximum Gasteiger partial charge on any atom is 1.00 e. The second-order valence-corrected chi connectivity index (χ2v) is 0.880. The predicted molar refractivity (Wildman–Crippen MR) is 22.7 cm³/mol. The Morgan fingerprint density at radius 3 is 1.38 bits per heavy atom. The fourth-order valence-electron chi connectivity index (χ4n) is 0. The minimum Gasteiger partial charge on any atom is -0.444 e. The summed E-state index contributed by atoms with van der Waals surface area (Å²) in [4.78, 5) is 29.7. The van der Waals surface area contributed by atoms with E-state index >= 15 is 0 Å². The summed E-state index contributed by atoms with van der Waals surface area (Å²) in [6, 6.07) is 0. The summed E-state index contributed by atoms with van der Waals surface area (Å²) in [6.07, 6.45) is 0. The third kappa shape index (κ3) is 434. The normalized spacial score (nSPS) is 6.00. The van der Waals surface area contributed by atoms with Crippen molar-refractivity contribution in [2.75, 3.05) is 0 Å². The summed E-state index contributed by atoms with van der Waals surface area (Å²) in [5, 5.41) is 9.00. The first-order chi connectivity index (χ1) is 3.15. The van der Waals surface area contributed by atoms with Gasteiger partial charge in [0.15, 0.2) is 0 Å². The van der Waals surface area contributed by atoms with Crippen LogP contribution in [-0.2, 0) is 0 Å². The topological polar surface area (TPSA) is 113 Å². The molecule has 0 saturated heterocycles. The summed E-state index contributed by atoms with van der Waals surface area (Å²) in [5.41, 5.74) is 0. The first-order valence-corrected chi connectivity index (χ1v) is 2.17. The van der Waals surface area contributed by atoms with E-state index in [4.69, 9.17) is 24.8 Å². The second kappa shape index (κ2) is 15.6. The first kappa shape index (κ1) is 15.9. The number of hydrogen-bond donors (Lipinski definition) is 3. The van der Waals surface area contributed by atoms with Gasteiger partial charge in [0.2, 0.25) is 0 Å². The molecule has 0 spiro atoms. The van der Waals surface area contributed by atoms with Crippen LogP contribution in [0.1, 0.15) is 0 Å². The molecule has 0 aromatic rings. The monoisotopic (exact) mass is 151 g/mol. The van der Waals surface area contributed by atoms with Crippen molar-refractivity contribution in [3.05, 3.63) is 10.1 Å². The van der Waals surface area contributed by atoms with Crippen LogP contribution in [-0.4, -0.2) is 14.7 Å². The second-order valence-electron chi connectivity index (χ2n) is 0.343. The molecule has 0 rings (SSSR count). The minimum absolute atomic E-state index is 0. The van der Waals surface area contributed by atoms with E-state index in [0.29, 0.717) is 0 Å². The van der Waals surface area contributed by atoms with E-state index < -0.39 is 8.60 Å². The van der Waals surface area contributed by atoms with Crippen LogP contribution in [0.25, 0.3) is 0 Å². The average Bonchev–Trinajstić information content (AvgIpc) is 1.33. The maximum atomic E-state index is 8.00. The standard InChI is InChI=1S/HNO2.Na.H3O3P/c2-1-3;;1-4(2)3/h(H,2,3);;1-3H/q;+1;/p-1. The van der Waals surface area contributed by atoms with Gasteiger partial charge in [0.05, 0.1) is 0 Å². The van der Waals surface area contributed by atoms with Gasteiger partial charge in [0.25, 0.3) is 0 Å². The van der Waals surface area contributed by atoms with Crippen molar-refractivity contribution >= 4 is 8.60 Å². The van der Waals surface area contributed by atoms with Crippen molar-refractivity contribution in [3.63, 3.8) is 0 Å². The maximum absolute atomic E-state index is 8.00. The molecular formula is H3NNaO5P. The molecule has 0 heterocycles. The van der Waals surface area contributed by atoms with Crippen LogP contribution in [0.3, 0.4) is 0 Å². The van der Waals surface area contributed by atoms with Crippen LogP contribution in [0.2, 0.25) is 0 Å². The van der Waals surface area contributed by atoms with Crippen molar-refractivity contribution in [1.29, 1.82) is 0 Å². The van der Waals surface area contributed by atoms with E-state index in [2.05, 4.69) is 0 Å². The largest absolute Gasteiger partial charge is 1.00 e. The smallest absolute Gasteiger partial charge is 0.444 e. The average molecular weight is 151 g/mol. The Hall–Kier alpha value is 0.710. The molecule has 0 fully saturated rings. The molecule has 3 N–H and O–H groups in total. The third-order valence-electron chi connectivity index (χ3n) is 0. The first-order valence-electron chi connectivity index (χ1n) is 0.965. The molecule has 44 valence electrons. The number of hydrogen-bond acceptors (Lipinski definition) is 6. The molecule has 0 aromatic heterocycles. The Bertz CT molecular complexity index is 36.7. The Morgan fingerprint density at radius 2 is 1.38 bits per heavy atom. The molecule has 0 unspecified atom stereocenters. The molecule has 8 heavy (non-hydrogen) atoms. The van der Waals surface area contributed by atoms with E-state index in [9.17, 15) is 0 Å². The molecule has 0 aliphatic carbocycles. The van der Waals surface area contributed by atoms with Crippen LogP contribution in [0.5, 0.6) is 0 Å². The quantitative estimate of drug-likeness (QED) is 0.143. The van der Waals surface area contributed by atoms with Gasteiger partial charge in [0.1, 0.15) is 0 Å². The van der Waals surface area contributed by atoms with Gasteiger partial charge in [0, 0.05) is 0 Å².